The van der Waals surface area contributed by atoms with Crippen molar-refractivity contribution in [3.8, 4) is 5.75 Å². The second kappa shape index (κ2) is 5.56. The Kier molecular flexibility index (Phi) is 3.78. The molecule has 3 unspecified atom stereocenters. The first-order chi connectivity index (χ1) is 9.70. The van der Waals surface area contributed by atoms with Gasteiger partial charge < -0.3 is 15.2 Å². The lowest BCUT2D eigenvalue weighted by atomic mass is 9.86. The van der Waals surface area contributed by atoms with Crippen LogP contribution in [0.4, 0.5) is 0 Å². The smallest absolute Gasteiger partial charge is 0.146 e. The van der Waals surface area contributed by atoms with Gasteiger partial charge >= 0.3 is 0 Å². The summed E-state index contributed by atoms with van der Waals surface area (Å²) in [6.07, 6.45) is 2.46. The van der Waals surface area contributed by atoms with E-state index in [0.717, 1.165) is 23.1 Å². The highest BCUT2D eigenvalue weighted by Crippen LogP contribution is 2.34. The third-order valence-corrected chi connectivity index (χ3v) is 3.94. The molecule has 0 aliphatic heterocycles. The Labute approximate surface area is 122 Å². The maximum absolute atomic E-state index is 6.17. The number of benzene rings is 1. The van der Waals surface area contributed by atoms with Crippen LogP contribution in [-0.2, 0) is 4.74 Å². The van der Waals surface area contributed by atoms with Crippen LogP contribution in [0.25, 0.3) is 10.9 Å². The Balaban J connectivity index is 1.87. The van der Waals surface area contributed by atoms with Gasteiger partial charge in [0.2, 0.25) is 0 Å². The minimum Gasteiger partial charge on any atom is -0.485 e. The molecular formula is C15H17ClN2O2. The maximum atomic E-state index is 6.17. The molecule has 4 nitrogen and oxygen atoms in total. The minimum atomic E-state index is -0.0468. The number of ether oxygens (including phenoxy) is 2. The third kappa shape index (κ3) is 2.35. The van der Waals surface area contributed by atoms with Crippen molar-refractivity contribution in [2.75, 3.05) is 6.61 Å². The standard InChI is InChI=1S/C15H17ClN2O2/c1-2-19-15-11(17)8-13(15)20-12-6-5-10(16)9-4-3-7-18-14(9)12/h3-7,11,13,15H,2,8,17H2,1H3. The van der Waals surface area contributed by atoms with Crippen molar-refractivity contribution in [2.45, 2.75) is 31.6 Å². The molecule has 1 aliphatic rings. The molecule has 1 aliphatic carbocycles. The number of pyridine rings is 1. The van der Waals surface area contributed by atoms with Crippen molar-refractivity contribution in [2.24, 2.45) is 5.73 Å². The van der Waals surface area contributed by atoms with Crippen LogP contribution < -0.4 is 10.5 Å². The van der Waals surface area contributed by atoms with Gasteiger partial charge in [-0.2, -0.15) is 0 Å². The van der Waals surface area contributed by atoms with E-state index in [4.69, 9.17) is 26.8 Å². The Morgan fingerprint density at radius 1 is 1.40 bits per heavy atom. The predicted octanol–water partition coefficient (Wildman–Crippen LogP) is 2.77. The fourth-order valence-corrected chi connectivity index (χ4v) is 2.74. The van der Waals surface area contributed by atoms with Crippen molar-refractivity contribution < 1.29 is 9.47 Å². The first-order valence-corrected chi connectivity index (χ1v) is 7.15. The molecule has 5 heteroatoms. The number of aromatic nitrogens is 1. The van der Waals surface area contributed by atoms with Gasteiger partial charge in [-0.15, -0.1) is 0 Å². The number of rotatable bonds is 4. The zero-order chi connectivity index (χ0) is 14.1. The van der Waals surface area contributed by atoms with E-state index in [1.165, 1.54) is 0 Å². The van der Waals surface area contributed by atoms with E-state index in [9.17, 15) is 0 Å². The van der Waals surface area contributed by atoms with Crippen LogP contribution in [0.15, 0.2) is 30.5 Å². The van der Waals surface area contributed by atoms with Crippen molar-refractivity contribution in [1.82, 2.24) is 4.98 Å². The van der Waals surface area contributed by atoms with Crippen molar-refractivity contribution in [1.29, 1.82) is 0 Å². The molecule has 3 atom stereocenters. The quantitative estimate of drug-likeness (QED) is 0.941. The van der Waals surface area contributed by atoms with Crippen LogP contribution in [-0.4, -0.2) is 29.8 Å². The lowest BCUT2D eigenvalue weighted by Gasteiger charge is -2.41. The second-order valence-electron chi connectivity index (χ2n) is 4.92. The van der Waals surface area contributed by atoms with Crippen molar-refractivity contribution in [3.63, 3.8) is 0 Å². The van der Waals surface area contributed by atoms with Crippen LogP contribution in [0, 0.1) is 0 Å². The van der Waals surface area contributed by atoms with E-state index >= 15 is 0 Å². The van der Waals surface area contributed by atoms with Crippen LogP contribution in [0.1, 0.15) is 13.3 Å². The monoisotopic (exact) mass is 292 g/mol. The average Bonchev–Trinajstić information content (AvgIpc) is 2.47. The van der Waals surface area contributed by atoms with E-state index < -0.39 is 0 Å². The summed E-state index contributed by atoms with van der Waals surface area (Å²) in [6.45, 7) is 2.60. The molecule has 0 amide bonds. The van der Waals surface area contributed by atoms with Crippen molar-refractivity contribution >= 4 is 22.5 Å². The fourth-order valence-electron chi connectivity index (χ4n) is 2.53. The molecule has 1 saturated carbocycles. The summed E-state index contributed by atoms with van der Waals surface area (Å²) in [6, 6.07) is 7.52. The molecule has 1 heterocycles. The molecule has 0 spiro atoms. The zero-order valence-corrected chi connectivity index (χ0v) is 12.0. The highest BCUT2D eigenvalue weighted by molar-refractivity contribution is 6.35. The predicted molar refractivity (Wildman–Crippen MR) is 79.2 cm³/mol. The van der Waals surface area contributed by atoms with Gasteiger partial charge in [0.25, 0.3) is 0 Å². The summed E-state index contributed by atoms with van der Waals surface area (Å²) >= 11 is 6.17. The van der Waals surface area contributed by atoms with Gasteiger partial charge in [0, 0.05) is 30.7 Å². The number of halogens is 1. The molecule has 2 N–H and O–H groups in total. The number of nitrogens with two attached hydrogens (primary N) is 1. The summed E-state index contributed by atoms with van der Waals surface area (Å²) in [7, 11) is 0. The largest absolute Gasteiger partial charge is 0.485 e. The van der Waals surface area contributed by atoms with Gasteiger partial charge in [0.15, 0.2) is 0 Å². The van der Waals surface area contributed by atoms with Crippen LogP contribution in [0.2, 0.25) is 5.02 Å². The van der Waals surface area contributed by atoms with Gasteiger partial charge in [0.05, 0.1) is 5.02 Å². The molecule has 3 rings (SSSR count). The van der Waals surface area contributed by atoms with E-state index in [1.807, 2.05) is 31.2 Å². The second-order valence-corrected chi connectivity index (χ2v) is 5.33. The van der Waals surface area contributed by atoms with E-state index in [-0.39, 0.29) is 18.2 Å². The first kappa shape index (κ1) is 13.6. The highest BCUT2D eigenvalue weighted by atomic mass is 35.5. The van der Waals surface area contributed by atoms with E-state index in [2.05, 4.69) is 4.98 Å². The van der Waals surface area contributed by atoms with Crippen LogP contribution >= 0.6 is 11.6 Å². The molecule has 106 valence electrons. The van der Waals surface area contributed by atoms with Crippen LogP contribution in [0.5, 0.6) is 5.75 Å². The summed E-state index contributed by atoms with van der Waals surface area (Å²) in [5.74, 6) is 0.728. The first-order valence-electron chi connectivity index (χ1n) is 6.77. The lowest BCUT2D eigenvalue weighted by molar-refractivity contribution is -0.0941. The molecule has 2 aromatic rings. The molecule has 1 aromatic heterocycles. The normalized spacial score (nSPS) is 25.4. The Morgan fingerprint density at radius 3 is 3.00 bits per heavy atom. The molecule has 1 aromatic carbocycles. The summed E-state index contributed by atoms with van der Waals surface area (Å²) in [4.78, 5) is 4.36. The van der Waals surface area contributed by atoms with Gasteiger partial charge in [-0.1, -0.05) is 11.6 Å². The summed E-state index contributed by atoms with van der Waals surface area (Å²) < 4.78 is 11.6. The zero-order valence-electron chi connectivity index (χ0n) is 11.3. The van der Waals surface area contributed by atoms with Gasteiger partial charge in [-0.3, -0.25) is 4.98 Å². The minimum absolute atomic E-state index is 0.0173. The topological polar surface area (TPSA) is 57.4 Å². The number of hydrogen-bond donors (Lipinski definition) is 1. The fraction of sp³-hybridized carbons (Fsp3) is 0.400. The third-order valence-electron chi connectivity index (χ3n) is 3.61. The number of fused-ring (bicyclic) bond motifs is 1. The molecule has 0 saturated heterocycles. The van der Waals surface area contributed by atoms with E-state index in [1.54, 1.807) is 6.20 Å². The van der Waals surface area contributed by atoms with Crippen LogP contribution in [0.3, 0.4) is 0 Å². The molecular weight excluding hydrogens is 276 g/mol. The van der Waals surface area contributed by atoms with Gasteiger partial charge in [-0.25, -0.2) is 0 Å². The number of nitrogens with zero attached hydrogens (tertiary/aromatic N) is 1. The molecule has 20 heavy (non-hydrogen) atoms. The van der Waals surface area contributed by atoms with Gasteiger partial charge in [0.1, 0.15) is 23.5 Å². The average molecular weight is 293 g/mol. The highest BCUT2D eigenvalue weighted by Gasteiger charge is 2.41. The maximum Gasteiger partial charge on any atom is 0.146 e. The molecule has 0 bridgehead atoms. The Morgan fingerprint density at radius 2 is 2.25 bits per heavy atom. The summed E-state index contributed by atoms with van der Waals surface area (Å²) in [5, 5.41) is 1.57. The number of hydrogen-bond acceptors (Lipinski definition) is 4. The lowest BCUT2D eigenvalue weighted by Crippen LogP contribution is -2.59. The molecule has 0 radical (unpaired) electrons. The van der Waals surface area contributed by atoms with E-state index in [0.29, 0.717) is 11.6 Å². The van der Waals surface area contributed by atoms with Gasteiger partial charge in [-0.05, 0) is 31.2 Å². The Hall–Kier alpha value is -1.36. The Bertz CT molecular complexity index is 620. The molecule has 1 fully saturated rings. The van der Waals surface area contributed by atoms with Crippen molar-refractivity contribution in [3.05, 3.63) is 35.5 Å². The SMILES string of the molecule is CCOC1C(N)CC1Oc1ccc(Cl)c2cccnc12. The summed E-state index contributed by atoms with van der Waals surface area (Å²) in [5.41, 5.74) is 6.72.